The van der Waals surface area contributed by atoms with Crippen LogP contribution in [0.3, 0.4) is 0 Å². The summed E-state index contributed by atoms with van der Waals surface area (Å²) in [4.78, 5) is 9.98. The van der Waals surface area contributed by atoms with Crippen LogP contribution < -0.4 is 15.2 Å². The van der Waals surface area contributed by atoms with Crippen LogP contribution in [0.15, 0.2) is 12.1 Å². The molecule has 1 aromatic carbocycles. The van der Waals surface area contributed by atoms with Gasteiger partial charge in [-0.3, -0.25) is 10.1 Å². The normalized spacial score (nSPS) is 14.2. The molecule has 0 aromatic heterocycles. The molecule has 0 saturated heterocycles. The van der Waals surface area contributed by atoms with Gasteiger partial charge in [-0.1, -0.05) is 0 Å². The van der Waals surface area contributed by atoms with Crippen molar-refractivity contribution in [1.29, 1.82) is 0 Å². The number of alkyl halides is 2. The highest BCUT2D eigenvalue weighted by atomic mass is 35.5. The molecule has 1 heterocycles. The van der Waals surface area contributed by atoms with E-state index in [1.807, 2.05) is 0 Å². The zero-order chi connectivity index (χ0) is 12.6. The Bertz CT molecular complexity index is 472. The summed E-state index contributed by atoms with van der Waals surface area (Å²) in [7, 11) is 0. The highest BCUT2D eigenvalue weighted by molar-refractivity contribution is 5.85. The maximum absolute atomic E-state index is 12.5. The van der Waals surface area contributed by atoms with Gasteiger partial charge < -0.3 is 15.2 Å². The quantitative estimate of drug-likeness (QED) is 0.677. The average molecular weight is 283 g/mol. The lowest BCUT2D eigenvalue weighted by molar-refractivity contribution is -0.385. The van der Waals surface area contributed by atoms with Crippen LogP contribution in [0, 0.1) is 10.1 Å². The Morgan fingerprint density at radius 3 is 2.39 bits per heavy atom. The molecule has 1 aliphatic rings. The average Bonchev–Trinajstić information content (AvgIpc) is 2.72. The summed E-state index contributed by atoms with van der Waals surface area (Å²) >= 11 is 0. The van der Waals surface area contributed by atoms with Gasteiger partial charge >= 0.3 is 0 Å². The van der Waals surface area contributed by atoms with E-state index in [0.29, 0.717) is 0 Å². The largest absolute Gasteiger partial charge is 0.454 e. The van der Waals surface area contributed by atoms with Gasteiger partial charge in [0, 0.05) is 0 Å². The fourth-order valence-electron chi connectivity index (χ4n) is 1.51. The summed E-state index contributed by atoms with van der Waals surface area (Å²) in [6, 6.07) is 0.432. The van der Waals surface area contributed by atoms with Crippen LogP contribution in [0.25, 0.3) is 0 Å². The fourth-order valence-corrected chi connectivity index (χ4v) is 1.51. The van der Waals surface area contributed by atoms with E-state index in [-0.39, 0.29) is 36.3 Å². The summed E-state index contributed by atoms with van der Waals surface area (Å²) in [5.41, 5.74) is 4.45. The number of ether oxygens (including phenoxy) is 2. The first kappa shape index (κ1) is 14.4. The lowest BCUT2D eigenvalue weighted by Crippen LogP contribution is -2.20. The molecular formula is C9H9ClF2N2O4. The molecule has 1 aromatic rings. The van der Waals surface area contributed by atoms with Gasteiger partial charge in [0.1, 0.15) is 0 Å². The molecule has 2 rings (SSSR count). The van der Waals surface area contributed by atoms with Gasteiger partial charge in [0.25, 0.3) is 12.1 Å². The molecule has 100 valence electrons. The Balaban J connectivity index is 0.00000162. The van der Waals surface area contributed by atoms with Crippen LogP contribution >= 0.6 is 12.4 Å². The van der Waals surface area contributed by atoms with Gasteiger partial charge in [-0.2, -0.15) is 0 Å². The molecule has 0 bridgehead atoms. The number of nitrogens with zero attached hydrogens (tertiary/aromatic N) is 1. The standard InChI is InChI=1S/C9H8F2N2O4.ClH/c10-9(11)8(12)4-1-6-7(17-3-16-6)2-5(4)13(14)15;/h1-2,8-9H,3,12H2;1H/t8-;/m1./s1. The Morgan fingerprint density at radius 1 is 1.33 bits per heavy atom. The molecule has 1 atom stereocenters. The lowest BCUT2D eigenvalue weighted by atomic mass is 10.0. The number of halogens is 3. The van der Waals surface area contributed by atoms with Gasteiger partial charge in [0.15, 0.2) is 11.5 Å². The highest BCUT2D eigenvalue weighted by Crippen LogP contribution is 2.40. The van der Waals surface area contributed by atoms with E-state index >= 15 is 0 Å². The van der Waals surface area contributed by atoms with Gasteiger partial charge in [0.2, 0.25) is 6.79 Å². The van der Waals surface area contributed by atoms with Gasteiger partial charge in [-0.15, -0.1) is 12.4 Å². The molecule has 0 aliphatic carbocycles. The molecule has 18 heavy (non-hydrogen) atoms. The van der Waals surface area contributed by atoms with Crippen molar-refractivity contribution < 1.29 is 23.2 Å². The van der Waals surface area contributed by atoms with Crippen LogP contribution in [0.5, 0.6) is 11.5 Å². The zero-order valence-corrected chi connectivity index (χ0v) is 9.65. The van der Waals surface area contributed by atoms with Crippen molar-refractivity contribution in [2.45, 2.75) is 12.5 Å². The molecule has 0 radical (unpaired) electrons. The van der Waals surface area contributed by atoms with Gasteiger partial charge in [-0.05, 0) is 6.07 Å². The summed E-state index contributed by atoms with van der Waals surface area (Å²) in [6.45, 7) is -0.0974. The third-order valence-electron chi connectivity index (χ3n) is 2.35. The number of nitro benzene ring substituents is 1. The number of hydrogen-bond acceptors (Lipinski definition) is 5. The molecule has 1 aliphatic heterocycles. The molecule has 0 amide bonds. The van der Waals surface area contributed by atoms with Crippen molar-refractivity contribution in [3.63, 3.8) is 0 Å². The van der Waals surface area contributed by atoms with Gasteiger partial charge in [0.05, 0.1) is 22.6 Å². The second kappa shape index (κ2) is 5.32. The van der Waals surface area contributed by atoms with Crippen molar-refractivity contribution in [2.75, 3.05) is 6.79 Å². The summed E-state index contributed by atoms with van der Waals surface area (Å²) < 4.78 is 34.9. The minimum absolute atomic E-state index is 0. The fraction of sp³-hybridized carbons (Fsp3) is 0.333. The molecule has 0 fully saturated rings. The lowest BCUT2D eigenvalue weighted by Gasteiger charge is -2.11. The topological polar surface area (TPSA) is 87.6 Å². The molecule has 0 unspecified atom stereocenters. The van der Waals surface area contributed by atoms with Crippen molar-refractivity contribution in [2.24, 2.45) is 5.73 Å². The van der Waals surface area contributed by atoms with E-state index in [1.165, 1.54) is 0 Å². The smallest absolute Gasteiger partial charge is 0.278 e. The second-order valence-electron chi connectivity index (χ2n) is 3.38. The van der Waals surface area contributed by atoms with E-state index in [9.17, 15) is 18.9 Å². The Kier molecular flexibility index (Phi) is 4.25. The first-order valence-electron chi connectivity index (χ1n) is 4.62. The first-order chi connectivity index (χ1) is 8.00. The molecule has 2 N–H and O–H groups in total. The first-order valence-corrected chi connectivity index (χ1v) is 4.62. The van der Waals surface area contributed by atoms with Crippen molar-refractivity contribution in [3.8, 4) is 11.5 Å². The highest BCUT2D eigenvalue weighted by Gasteiger charge is 2.30. The molecular weight excluding hydrogens is 274 g/mol. The molecule has 0 spiro atoms. The summed E-state index contributed by atoms with van der Waals surface area (Å²) in [5, 5.41) is 10.8. The number of nitro groups is 1. The van der Waals surface area contributed by atoms with Crippen LogP contribution in [0.2, 0.25) is 0 Å². The number of rotatable bonds is 3. The Hall–Kier alpha value is -1.67. The van der Waals surface area contributed by atoms with Crippen LogP contribution in [-0.2, 0) is 0 Å². The van der Waals surface area contributed by atoms with Crippen molar-refractivity contribution in [1.82, 2.24) is 0 Å². The maximum Gasteiger partial charge on any atom is 0.278 e. The number of benzene rings is 1. The predicted molar refractivity (Wildman–Crippen MR) is 59.4 cm³/mol. The Labute approximate surface area is 106 Å². The minimum Gasteiger partial charge on any atom is -0.454 e. The van der Waals surface area contributed by atoms with Crippen LogP contribution in [-0.4, -0.2) is 18.1 Å². The third-order valence-corrected chi connectivity index (χ3v) is 2.35. The van der Waals surface area contributed by atoms with Crippen LogP contribution in [0.1, 0.15) is 11.6 Å². The van der Waals surface area contributed by atoms with E-state index in [1.54, 1.807) is 0 Å². The summed E-state index contributed by atoms with van der Waals surface area (Å²) in [5.74, 6) is 0.337. The molecule has 9 heteroatoms. The van der Waals surface area contributed by atoms with Crippen LogP contribution in [0.4, 0.5) is 14.5 Å². The maximum atomic E-state index is 12.5. The molecule has 6 nitrogen and oxygen atoms in total. The van der Waals surface area contributed by atoms with E-state index < -0.39 is 23.1 Å². The van der Waals surface area contributed by atoms with Crippen molar-refractivity contribution in [3.05, 3.63) is 27.8 Å². The molecule has 0 saturated carbocycles. The summed E-state index contributed by atoms with van der Waals surface area (Å²) in [6.07, 6.45) is -2.89. The third kappa shape index (κ3) is 2.44. The van der Waals surface area contributed by atoms with E-state index in [2.05, 4.69) is 0 Å². The van der Waals surface area contributed by atoms with E-state index in [0.717, 1.165) is 12.1 Å². The Morgan fingerprint density at radius 2 is 1.89 bits per heavy atom. The van der Waals surface area contributed by atoms with Crippen molar-refractivity contribution >= 4 is 18.1 Å². The zero-order valence-electron chi connectivity index (χ0n) is 8.84. The minimum atomic E-state index is -2.89. The monoisotopic (exact) mass is 282 g/mol. The number of hydrogen-bond donors (Lipinski definition) is 1. The number of nitrogens with two attached hydrogens (primary N) is 1. The predicted octanol–water partition coefficient (Wildman–Crippen LogP) is 2.01. The SMILES string of the molecule is Cl.N[C@H](c1cc2c(cc1[N+](=O)[O-])OCO2)C(F)F. The number of fused-ring (bicyclic) bond motifs is 1. The van der Waals surface area contributed by atoms with Gasteiger partial charge in [-0.25, -0.2) is 8.78 Å². The second-order valence-corrected chi connectivity index (χ2v) is 3.38. The van der Waals surface area contributed by atoms with E-state index in [4.69, 9.17) is 15.2 Å².